The third-order valence-electron chi connectivity index (χ3n) is 5.71. The fourth-order valence-electron chi connectivity index (χ4n) is 3.96. The van der Waals surface area contributed by atoms with Crippen LogP contribution < -0.4 is 15.4 Å². The van der Waals surface area contributed by atoms with Gasteiger partial charge in [-0.25, -0.2) is 4.79 Å². The van der Waals surface area contributed by atoms with Gasteiger partial charge in [-0.15, -0.1) is 6.42 Å². The zero-order chi connectivity index (χ0) is 28.6. The van der Waals surface area contributed by atoms with E-state index in [0.717, 1.165) is 0 Å². The number of carbonyl (C=O) groups is 3. The molecule has 2 aromatic carbocycles. The molecular formula is C30H39N3O5. The lowest BCUT2D eigenvalue weighted by molar-refractivity contribution is -0.143. The summed E-state index contributed by atoms with van der Waals surface area (Å²) in [6, 6.07) is 11.5. The summed E-state index contributed by atoms with van der Waals surface area (Å²) in [7, 11) is 1.56. The standard InChI is InChI=1S/C30H39N3O5/c1-10-21-13-11-12-14-24(21)26(27(34)31-22-15-17-23(37-9)18-16-22)33(20(4)5)28(35)25(19(2)3)32-29(36)38-30(6,7)8/h1,11-20,25-26H,2-9H3,(H,31,34)(H,32,36). The Morgan fingerprint density at radius 3 is 2.08 bits per heavy atom. The Hall–Kier alpha value is -3.99. The summed E-state index contributed by atoms with van der Waals surface area (Å²) in [6.07, 6.45) is 5.07. The number of benzene rings is 2. The highest BCUT2D eigenvalue weighted by atomic mass is 16.6. The first kappa shape index (κ1) is 30.2. The van der Waals surface area contributed by atoms with E-state index in [1.807, 2.05) is 27.7 Å². The predicted molar refractivity (Wildman–Crippen MR) is 149 cm³/mol. The molecule has 2 atom stereocenters. The Morgan fingerprint density at radius 2 is 1.58 bits per heavy atom. The van der Waals surface area contributed by atoms with Crippen LogP contribution in [0.3, 0.4) is 0 Å². The topological polar surface area (TPSA) is 97.0 Å². The molecule has 0 aliphatic heterocycles. The lowest BCUT2D eigenvalue weighted by Crippen LogP contribution is -2.56. The number of methoxy groups -OCH3 is 1. The van der Waals surface area contributed by atoms with Crippen LogP contribution in [-0.2, 0) is 14.3 Å². The van der Waals surface area contributed by atoms with E-state index >= 15 is 0 Å². The molecule has 3 amide bonds. The molecule has 0 aromatic heterocycles. The molecule has 204 valence electrons. The molecule has 8 heteroatoms. The summed E-state index contributed by atoms with van der Waals surface area (Å²) in [5.74, 6) is 2.11. The van der Waals surface area contributed by atoms with Crippen molar-refractivity contribution in [2.75, 3.05) is 12.4 Å². The van der Waals surface area contributed by atoms with Crippen molar-refractivity contribution in [3.8, 4) is 18.1 Å². The molecule has 0 radical (unpaired) electrons. The summed E-state index contributed by atoms with van der Waals surface area (Å²) >= 11 is 0. The second-order valence-corrected chi connectivity index (χ2v) is 10.6. The Morgan fingerprint density at radius 1 is 0.974 bits per heavy atom. The SMILES string of the molecule is C#Cc1ccccc1C(C(=O)Nc1ccc(OC)cc1)N(C(=O)C(NC(=O)OC(C)(C)C)C(C)C)C(C)C. The molecule has 0 saturated carbocycles. The number of amides is 3. The number of nitrogens with zero attached hydrogens (tertiary/aromatic N) is 1. The summed E-state index contributed by atoms with van der Waals surface area (Å²) < 4.78 is 10.6. The van der Waals surface area contributed by atoms with E-state index in [2.05, 4.69) is 16.6 Å². The van der Waals surface area contributed by atoms with Crippen molar-refractivity contribution in [3.05, 3.63) is 59.7 Å². The number of nitrogens with one attached hydrogen (secondary N) is 2. The Kier molecular flexibility index (Phi) is 10.3. The molecule has 0 heterocycles. The molecule has 0 aliphatic carbocycles. The van der Waals surface area contributed by atoms with Gasteiger partial charge in [0.25, 0.3) is 5.91 Å². The van der Waals surface area contributed by atoms with Gasteiger partial charge in [0.1, 0.15) is 23.4 Å². The average Bonchev–Trinajstić information content (AvgIpc) is 2.84. The van der Waals surface area contributed by atoms with E-state index in [1.54, 1.807) is 76.4 Å². The van der Waals surface area contributed by atoms with Crippen molar-refractivity contribution in [2.24, 2.45) is 5.92 Å². The largest absolute Gasteiger partial charge is 0.497 e. The van der Waals surface area contributed by atoms with Crippen molar-refractivity contribution < 1.29 is 23.9 Å². The number of terminal acetylenes is 1. The average molecular weight is 522 g/mol. The highest BCUT2D eigenvalue weighted by Gasteiger charge is 2.39. The van der Waals surface area contributed by atoms with E-state index in [9.17, 15) is 14.4 Å². The summed E-state index contributed by atoms with van der Waals surface area (Å²) in [6.45, 7) is 12.5. The molecule has 2 N–H and O–H groups in total. The first-order valence-electron chi connectivity index (χ1n) is 12.6. The van der Waals surface area contributed by atoms with Gasteiger partial charge < -0.3 is 25.0 Å². The number of ether oxygens (including phenoxy) is 2. The van der Waals surface area contributed by atoms with Crippen LogP contribution in [-0.4, -0.2) is 47.6 Å². The number of hydrogen-bond acceptors (Lipinski definition) is 5. The van der Waals surface area contributed by atoms with Gasteiger partial charge in [-0.2, -0.15) is 0 Å². The van der Waals surface area contributed by atoms with Crippen LogP contribution in [0.4, 0.5) is 10.5 Å². The highest BCUT2D eigenvalue weighted by molar-refractivity contribution is 5.99. The maximum Gasteiger partial charge on any atom is 0.408 e. The minimum Gasteiger partial charge on any atom is -0.497 e. The van der Waals surface area contributed by atoms with E-state index in [4.69, 9.17) is 15.9 Å². The van der Waals surface area contributed by atoms with Crippen LogP contribution in [0, 0.1) is 18.3 Å². The summed E-state index contributed by atoms with van der Waals surface area (Å²) in [4.78, 5) is 42.0. The first-order chi connectivity index (χ1) is 17.8. The van der Waals surface area contributed by atoms with Crippen molar-refractivity contribution in [2.45, 2.75) is 72.2 Å². The molecule has 2 rings (SSSR count). The van der Waals surface area contributed by atoms with Gasteiger partial charge in [0.05, 0.1) is 7.11 Å². The lowest BCUT2D eigenvalue weighted by atomic mass is 9.94. The van der Waals surface area contributed by atoms with Crippen molar-refractivity contribution in [3.63, 3.8) is 0 Å². The maximum absolute atomic E-state index is 14.1. The smallest absolute Gasteiger partial charge is 0.408 e. The zero-order valence-electron chi connectivity index (χ0n) is 23.5. The fraction of sp³-hybridized carbons (Fsp3) is 0.433. The summed E-state index contributed by atoms with van der Waals surface area (Å²) in [5, 5.41) is 5.61. The van der Waals surface area contributed by atoms with Crippen LogP contribution in [0.1, 0.15) is 65.6 Å². The van der Waals surface area contributed by atoms with Gasteiger partial charge in [-0.1, -0.05) is 38.0 Å². The number of carbonyl (C=O) groups excluding carboxylic acids is 3. The number of anilines is 1. The van der Waals surface area contributed by atoms with Crippen molar-refractivity contribution in [1.29, 1.82) is 0 Å². The second-order valence-electron chi connectivity index (χ2n) is 10.6. The van der Waals surface area contributed by atoms with Crippen molar-refractivity contribution >= 4 is 23.6 Å². The lowest BCUT2D eigenvalue weighted by Gasteiger charge is -2.38. The third kappa shape index (κ3) is 8.01. The quantitative estimate of drug-likeness (QED) is 0.445. The molecule has 2 aromatic rings. The Balaban J connectivity index is 2.55. The number of rotatable bonds is 9. The molecule has 0 bridgehead atoms. The first-order valence-corrected chi connectivity index (χ1v) is 12.6. The molecule has 0 saturated heterocycles. The van der Waals surface area contributed by atoms with Gasteiger partial charge >= 0.3 is 6.09 Å². The highest BCUT2D eigenvalue weighted by Crippen LogP contribution is 2.30. The van der Waals surface area contributed by atoms with Gasteiger partial charge in [0.15, 0.2) is 0 Å². The molecule has 0 spiro atoms. The van der Waals surface area contributed by atoms with E-state index in [1.165, 1.54) is 4.90 Å². The van der Waals surface area contributed by atoms with Crippen LogP contribution in [0.15, 0.2) is 48.5 Å². The minimum absolute atomic E-state index is 0.288. The van der Waals surface area contributed by atoms with E-state index in [-0.39, 0.29) is 5.92 Å². The Labute approximate surface area is 226 Å². The van der Waals surface area contributed by atoms with Crippen molar-refractivity contribution in [1.82, 2.24) is 10.2 Å². The minimum atomic E-state index is -1.07. The van der Waals surface area contributed by atoms with E-state index in [0.29, 0.717) is 22.6 Å². The third-order valence-corrected chi connectivity index (χ3v) is 5.71. The predicted octanol–water partition coefficient (Wildman–Crippen LogP) is 5.14. The second kappa shape index (κ2) is 13.0. The zero-order valence-corrected chi connectivity index (χ0v) is 23.5. The van der Waals surface area contributed by atoms with Gasteiger partial charge in [-0.3, -0.25) is 9.59 Å². The van der Waals surface area contributed by atoms with Gasteiger partial charge in [-0.05, 0) is 76.4 Å². The number of hydrogen-bond donors (Lipinski definition) is 2. The maximum atomic E-state index is 14.1. The monoisotopic (exact) mass is 521 g/mol. The number of alkyl carbamates (subject to hydrolysis) is 1. The van der Waals surface area contributed by atoms with Crippen LogP contribution in [0.25, 0.3) is 0 Å². The van der Waals surface area contributed by atoms with Crippen LogP contribution in [0.5, 0.6) is 5.75 Å². The molecule has 0 fully saturated rings. The summed E-state index contributed by atoms with van der Waals surface area (Å²) in [5.41, 5.74) is 0.783. The van der Waals surface area contributed by atoms with Crippen LogP contribution in [0.2, 0.25) is 0 Å². The van der Waals surface area contributed by atoms with Crippen LogP contribution >= 0.6 is 0 Å². The molecular weight excluding hydrogens is 482 g/mol. The van der Waals surface area contributed by atoms with Gasteiger partial charge in [0.2, 0.25) is 5.91 Å². The van der Waals surface area contributed by atoms with E-state index < -0.39 is 41.6 Å². The molecule has 8 nitrogen and oxygen atoms in total. The molecule has 0 aliphatic rings. The molecule has 2 unspecified atom stereocenters. The normalized spacial score (nSPS) is 12.8. The van der Waals surface area contributed by atoms with Gasteiger partial charge in [0, 0.05) is 17.3 Å². The Bertz CT molecular complexity index is 1160. The fourth-order valence-corrected chi connectivity index (χ4v) is 3.96. The molecule has 38 heavy (non-hydrogen) atoms.